The third-order valence-electron chi connectivity index (χ3n) is 2.36. The lowest BCUT2D eigenvalue weighted by molar-refractivity contribution is 0.327. The molecule has 0 aliphatic heterocycles. The standard InChI is InChI=1S/C11H18N2O3S/c1-8-6-10(16-5-4-12)7-9(2)11(8)17(14,15)13-3/h6-7,13H,4-5,12H2,1-3H3. The number of hydrogen-bond acceptors (Lipinski definition) is 4. The lowest BCUT2D eigenvalue weighted by atomic mass is 10.1. The maximum absolute atomic E-state index is 11.8. The number of aryl methyl sites for hydroxylation is 2. The van der Waals surface area contributed by atoms with Gasteiger partial charge >= 0.3 is 0 Å². The molecule has 6 heteroatoms. The Bertz CT molecular complexity index is 474. The maximum atomic E-state index is 11.8. The molecule has 0 aliphatic carbocycles. The van der Waals surface area contributed by atoms with E-state index < -0.39 is 10.0 Å². The highest BCUT2D eigenvalue weighted by molar-refractivity contribution is 7.89. The molecule has 96 valence electrons. The summed E-state index contributed by atoms with van der Waals surface area (Å²) in [5.74, 6) is 0.639. The SMILES string of the molecule is CNS(=O)(=O)c1c(C)cc(OCCN)cc1C. The zero-order valence-electron chi connectivity index (χ0n) is 10.3. The average molecular weight is 258 g/mol. The van der Waals surface area contributed by atoms with Crippen molar-refractivity contribution in [2.45, 2.75) is 18.7 Å². The van der Waals surface area contributed by atoms with Gasteiger partial charge in [-0.3, -0.25) is 0 Å². The Balaban J connectivity index is 3.20. The first-order valence-corrected chi connectivity index (χ1v) is 6.78. The molecule has 0 fully saturated rings. The number of ether oxygens (including phenoxy) is 1. The third-order valence-corrected chi connectivity index (χ3v) is 4.08. The molecule has 1 aromatic rings. The van der Waals surface area contributed by atoms with Gasteiger partial charge in [-0.1, -0.05) is 0 Å². The summed E-state index contributed by atoms with van der Waals surface area (Å²) < 4.78 is 31.3. The molecule has 0 aliphatic rings. The van der Waals surface area contributed by atoms with Gasteiger partial charge < -0.3 is 10.5 Å². The van der Waals surface area contributed by atoms with Gasteiger partial charge in [0.2, 0.25) is 10.0 Å². The van der Waals surface area contributed by atoms with Gasteiger partial charge in [-0.2, -0.15) is 0 Å². The molecule has 0 radical (unpaired) electrons. The molecule has 5 nitrogen and oxygen atoms in total. The first-order chi connectivity index (χ1) is 7.92. The van der Waals surface area contributed by atoms with Crippen molar-refractivity contribution in [1.82, 2.24) is 4.72 Å². The van der Waals surface area contributed by atoms with Crippen LogP contribution >= 0.6 is 0 Å². The van der Waals surface area contributed by atoms with Crippen molar-refractivity contribution in [3.8, 4) is 5.75 Å². The first-order valence-electron chi connectivity index (χ1n) is 5.30. The van der Waals surface area contributed by atoms with Crippen LogP contribution in [0.1, 0.15) is 11.1 Å². The Kier molecular flexibility index (Phi) is 4.50. The first kappa shape index (κ1) is 14.0. The van der Waals surface area contributed by atoms with Crippen LogP contribution in [-0.4, -0.2) is 28.6 Å². The molecule has 0 unspecified atom stereocenters. The zero-order chi connectivity index (χ0) is 13.1. The quantitative estimate of drug-likeness (QED) is 0.808. The molecule has 1 rings (SSSR count). The van der Waals surface area contributed by atoms with Crippen LogP contribution in [0.4, 0.5) is 0 Å². The summed E-state index contributed by atoms with van der Waals surface area (Å²) in [7, 11) is -2.03. The summed E-state index contributed by atoms with van der Waals surface area (Å²) in [4.78, 5) is 0.306. The summed E-state index contributed by atoms with van der Waals surface area (Å²) in [6.07, 6.45) is 0. The van der Waals surface area contributed by atoms with Gasteiger partial charge in [0, 0.05) is 6.54 Å². The Hall–Kier alpha value is -1.11. The molecule has 0 amide bonds. The fourth-order valence-electron chi connectivity index (χ4n) is 1.70. The highest BCUT2D eigenvalue weighted by atomic mass is 32.2. The second-order valence-electron chi connectivity index (χ2n) is 3.73. The molecule has 0 aromatic heterocycles. The van der Waals surface area contributed by atoms with E-state index >= 15 is 0 Å². The van der Waals surface area contributed by atoms with E-state index in [1.54, 1.807) is 26.0 Å². The van der Waals surface area contributed by atoms with Crippen molar-refractivity contribution in [2.24, 2.45) is 5.73 Å². The monoisotopic (exact) mass is 258 g/mol. The van der Waals surface area contributed by atoms with Crippen LogP contribution in [-0.2, 0) is 10.0 Å². The van der Waals surface area contributed by atoms with Gasteiger partial charge in [0.25, 0.3) is 0 Å². The van der Waals surface area contributed by atoms with Crippen molar-refractivity contribution < 1.29 is 13.2 Å². The molecular weight excluding hydrogens is 240 g/mol. The molecule has 0 saturated carbocycles. The average Bonchev–Trinajstić information content (AvgIpc) is 2.25. The number of sulfonamides is 1. The molecule has 0 bridgehead atoms. The molecule has 0 atom stereocenters. The number of nitrogens with one attached hydrogen (secondary N) is 1. The Morgan fingerprint density at radius 2 is 1.82 bits per heavy atom. The molecule has 17 heavy (non-hydrogen) atoms. The van der Waals surface area contributed by atoms with Crippen LogP contribution in [0.5, 0.6) is 5.75 Å². The van der Waals surface area contributed by atoms with E-state index in [9.17, 15) is 8.42 Å². The number of rotatable bonds is 5. The number of nitrogens with two attached hydrogens (primary N) is 1. The molecular formula is C11H18N2O3S. The third kappa shape index (κ3) is 3.18. The predicted octanol–water partition coefficient (Wildman–Crippen LogP) is 0.549. The minimum Gasteiger partial charge on any atom is -0.492 e. The van der Waals surface area contributed by atoms with Gasteiger partial charge in [-0.15, -0.1) is 0 Å². The molecule has 0 saturated heterocycles. The summed E-state index contributed by atoms with van der Waals surface area (Å²) in [6.45, 7) is 4.32. The summed E-state index contributed by atoms with van der Waals surface area (Å²) in [5.41, 5.74) is 6.66. The minimum absolute atomic E-state index is 0.306. The second-order valence-corrected chi connectivity index (χ2v) is 5.55. The lowest BCUT2D eigenvalue weighted by Crippen LogP contribution is -2.21. The maximum Gasteiger partial charge on any atom is 0.240 e. The fraction of sp³-hybridized carbons (Fsp3) is 0.455. The van der Waals surface area contributed by atoms with Gasteiger partial charge in [-0.25, -0.2) is 13.1 Å². The summed E-state index contributed by atoms with van der Waals surface area (Å²) in [6, 6.07) is 3.40. The molecule has 3 N–H and O–H groups in total. The smallest absolute Gasteiger partial charge is 0.240 e. The largest absolute Gasteiger partial charge is 0.492 e. The predicted molar refractivity (Wildman–Crippen MR) is 66.7 cm³/mol. The normalized spacial score (nSPS) is 11.5. The highest BCUT2D eigenvalue weighted by Gasteiger charge is 2.18. The van der Waals surface area contributed by atoms with Crippen LogP contribution in [0.25, 0.3) is 0 Å². The fourth-order valence-corrected chi connectivity index (χ4v) is 2.87. The second kappa shape index (κ2) is 5.48. The van der Waals surface area contributed by atoms with E-state index in [2.05, 4.69) is 4.72 Å². The van der Waals surface area contributed by atoms with Crippen LogP contribution < -0.4 is 15.2 Å². The van der Waals surface area contributed by atoms with Crippen molar-refractivity contribution >= 4 is 10.0 Å². The van der Waals surface area contributed by atoms with Crippen molar-refractivity contribution in [2.75, 3.05) is 20.2 Å². The highest BCUT2D eigenvalue weighted by Crippen LogP contribution is 2.25. The van der Waals surface area contributed by atoms with E-state index in [1.807, 2.05) is 0 Å². The topological polar surface area (TPSA) is 81.4 Å². The van der Waals surface area contributed by atoms with Gasteiger partial charge in [0.05, 0.1) is 4.90 Å². The zero-order valence-corrected chi connectivity index (χ0v) is 11.1. The van der Waals surface area contributed by atoms with Crippen LogP contribution in [0.3, 0.4) is 0 Å². The van der Waals surface area contributed by atoms with Crippen LogP contribution in [0.2, 0.25) is 0 Å². The lowest BCUT2D eigenvalue weighted by Gasteiger charge is -2.13. The van der Waals surface area contributed by atoms with E-state index in [0.717, 1.165) is 0 Å². The van der Waals surface area contributed by atoms with Gasteiger partial charge in [0.1, 0.15) is 12.4 Å². The van der Waals surface area contributed by atoms with Crippen molar-refractivity contribution in [3.63, 3.8) is 0 Å². The Morgan fingerprint density at radius 1 is 1.29 bits per heavy atom. The Morgan fingerprint density at radius 3 is 2.24 bits per heavy atom. The van der Waals surface area contributed by atoms with Crippen molar-refractivity contribution in [1.29, 1.82) is 0 Å². The van der Waals surface area contributed by atoms with E-state index in [-0.39, 0.29) is 0 Å². The molecule has 1 aromatic carbocycles. The van der Waals surface area contributed by atoms with Crippen LogP contribution in [0, 0.1) is 13.8 Å². The van der Waals surface area contributed by atoms with E-state index in [1.165, 1.54) is 7.05 Å². The number of benzene rings is 1. The van der Waals surface area contributed by atoms with Crippen LogP contribution in [0.15, 0.2) is 17.0 Å². The Labute approximate surface area is 102 Å². The minimum atomic E-state index is -3.43. The molecule has 0 spiro atoms. The van der Waals surface area contributed by atoms with E-state index in [0.29, 0.717) is 34.9 Å². The van der Waals surface area contributed by atoms with Gasteiger partial charge in [-0.05, 0) is 44.2 Å². The van der Waals surface area contributed by atoms with E-state index in [4.69, 9.17) is 10.5 Å². The number of hydrogen-bond donors (Lipinski definition) is 2. The van der Waals surface area contributed by atoms with Crippen molar-refractivity contribution in [3.05, 3.63) is 23.3 Å². The molecule has 0 heterocycles. The summed E-state index contributed by atoms with van der Waals surface area (Å²) in [5, 5.41) is 0. The van der Waals surface area contributed by atoms with Gasteiger partial charge in [0.15, 0.2) is 0 Å². The summed E-state index contributed by atoms with van der Waals surface area (Å²) >= 11 is 0.